The number of thioether (sulfide) groups is 1. The Morgan fingerprint density at radius 2 is 1.96 bits per heavy atom. The summed E-state index contributed by atoms with van der Waals surface area (Å²) in [6.07, 6.45) is 4.15. The van der Waals surface area contributed by atoms with Gasteiger partial charge in [0.05, 0.1) is 17.6 Å². The number of Topliss-reactive ketones (excluding diaryl/α,β-unsaturated/α-hetero) is 1. The van der Waals surface area contributed by atoms with Crippen molar-refractivity contribution in [3.63, 3.8) is 0 Å². The zero-order valence-electron chi connectivity index (χ0n) is 14.7. The van der Waals surface area contributed by atoms with Gasteiger partial charge in [-0.3, -0.25) is 9.80 Å². The zero-order chi connectivity index (χ0) is 18.1. The van der Waals surface area contributed by atoms with Crippen LogP contribution < -0.4 is 5.73 Å². The fourth-order valence-corrected chi connectivity index (χ4v) is 4.06. The first-order valence-electron chi connectivity index (χ1n) is 8.26. The number of carbonyl (C=O) groups excluding carboxylic acids is 1. The Bertz CT molecular complexity index is 802. The largest absolute Gasteiger partial charge is 0.383 e. The number of carbonyl (C=O) groups is 1. The number of nitrogens with zero attached hydrogens (tertiary/aromatic N) is 3. The second kappa shape index (κ2) is 6.95. The molecule has 1 atom stereocenters. The first kappa shape index (κ1) is 17.6. The highest BCUT2D eigenvalue weighted by molar-refractivity contribution is 7.98. The molecule has 1 aliphatic heterocycles. The van der Waals surface area contributed by atoms with Gasteiger partial charge in [-0.05, 0) is 36.8 Å². The standard InChI is InChI=1S/C19H22N4OS/c1-22(2)23-15-5-4-6-16(24)18(15)17(14(11-20)19(23)21)12-7-9-13(25-3)10-8-12/h7-10,17H,4-6,21H2,1-3H3/t17-/m1/s1. The van der Waals surface area contributed by atoms with Crippen LogP contribution in [0.15, 0.2) is 51.8 Å². The number of nitrogens with two attached hydrogens (primary N) is 1. The monoisotopic (exact) mass is 354 g/mol. The number of nitriles is 1. The molecule has 1 aromatic carbocycles. The summed E-state index contributed by atoms with van der Waals surface area (Å²) in [4.78, 5) is 13.9. The van der Waals surface area contributed by atoms with Crippen LogP contribution >= 0.6 is 11.8 Å². The molecule has 2 N–H and O–H groups in total. The summed E-state index contributed by atoms with van der Waals surface area (Å²) in [6.45, 7) is 0. The smallest absolute Gasteiger partial charge is 0.161 e. The van der Waals surface area contributed by atoms with Crippen LogP contribution in [0.1, 0.15) is 30.7 Å². The molecule has 0 bridgehead atoms. The van der Waals surface area contributed by atoms with Crippen LogP contribution in [0.2, 0.25) is 0 Å². The van der Waals surface area contributed by atoms with Gasteiger partial charge in [-0.15, -0.1) is 11.8 Å². The first-order valence-corrected chi connectivity index (χ1v) is 9.49. The molecular formula is C19H22N4OS. The summed E-state index contributed by atoms with van der Waals surface area (Å²) in [7, 11) is 3.75. The van der Waals surface area contributed by atoms with Gasteiger partial charge in [0, 0.05) is 36.7 Å². The molecule has 0 radical (unpaired) electrons. The molecule has 2 aliphatic rings. The van der Waals surface area contributed by atoms with Gasteiger partial charge in [0.15, 0.2) is 5.78 Å². The summed E-state index contributed by atoms with van der Waals surface area (Å²) in [5.41, 5.74) is 9.40. The molecule has 1 aromatic rings. The van der Waals surface area contributed by atoms with Gasteiger partial charge in [0.25, 0.3) is 0 Å². The van der Waals surface area contributed by atoms with E-state index in [1.54, 1.807) is 11.8 Å². The first-order chi connectivity index (χ1) is 12.0. The Hall–Kier alpha value is -2.23. The average molecular weight is 354 g/mol. The molecule has 25 heavy (non-hydrogen) atoms. The van der Waals surface area contributed by atoms with E-state index in [4.69, 9.17) is 5.73 Å². The lowest BCUT2D eigenvalue weighted by atomic mass is 9.76. The molecule has 6 heteroatoms. The minimum absolute atomic E-state index is 0.118. The molecule has 0 spiro atoms. The lowest BCUT2D eigenvalue weighted by molar-refractivity contribution is -0.116. The topological polar surface area (TPSA) is 73.4 Å². The van der Waals surface area contributed by atoms with E-state index in [9.17, 15) is 10.1 Å². The quantitative estimate of drug-likeness (QED) is 0.841. The number of allylic oxidation sites excluding steroid dienone is 3. The number of benzene rings is 1. The second-order valence-corrected chi connectivity index (χ2v) is 7.29. The van der Waals surface area contributed by atoms with Crippen molar-refractivity contribution in [1.29, 1.82) is 5.26 Å². The van der Waals surface area contributed by atoms with Crippen LogP contribution in [0.3, 0.4) is 0 Å². The Balaban J connectivity index is 2.21. The van der Waals surface area contributed by atoms with Crippen molar-refractivity contribution < 1.29 is 4.79 Å². The molecule has 3 rings (SSSR count). The van der Waals surface area contributed by atoms with E-state index in [1.807, 2.05) is 54.6 Å². The maximum absolute atomic E-state index is 12.8. The Labute approximate surface area is 152 Å². The van der Waals surface area contributed by atoms with Crippen LogP contribution in [0.4, 0.5) is 0 Å². The average Bonchev–Trinajstić information content (AvgIpc) is 2.60. The van der Waals surface area contributed by atoms with E-state index in [0.29, 0.717) is 17.8 Å². The number of hydrogen-bond acceptors (Lipinski definition) is 6. The predicted octanol–water partition coefficient (Wildman–Crippen LogP) is 2.99. The summed E-state index contributed by atoms with van der Waals surface area (Å²) in [6, 6.07) is 10.3. The van der Waals surface area contributed by atoms with E-state index in [-0.39, 0.29) is 11.7 Å². The normalized spacial score (nSPS) is 20.8. The zero-order valence-corrected chi connectivity index (χ0v) is 15.6. The van der Waals surface area contributed by atoms with E-state index in [1.165, 1.54) is 0 Å². The van der Waals surface area contributed by atoms with Crippen molar-refractivity contribution in [3.05, 3.63) is 52.5 Å². The van der Waals surface area contributed by atoms with Crippen molar-refractivity contribution in [2.75, 3.05) is 20.4 Å². The third-order valence-corrected chi connectivity index (χ3v) is 5.48. The van der Waals surface area contributed by atoms with Crippen molar-refractivity contribution >= 4 is 17.5 Å². The maximum atomic E-state index is 12.8. The molecule has 0 unspecified atom stereocenters. The number of hydrazine groups is 1. The highest BCUT2D eigenvalue weighted by Gasteiger charge is 2.40. The van der Waals surface area contributed by atoms with Gasteiger partial charge in [0.2, 0.25) is 0 Å². The van der Waals surface area contributed by atoms with Crippen LogP contribution in [-0.4, -0.2) is 36.2 Å². The molecule has 0 aromatic heterocycles. The lowest BCUT2D eigenvalue weighted by Gasteiger charge is -2.42. The van der Waals surface area contributed by atoms with E-state index >= 15 is 0 Å². The predicted molar refractivity (Wildman–Crippen MR) is 99.2 cm³/mol. The molecule has 0 saturated heterocycles. The van der Waals surface area contributed by atoms with Crippen LogP contribution in [-0.2, 0) is 4.79 Å². The second-order valence-electron chi connectivity index (χ2n) is 6.41. The van der Waals surface area contributed by atoms with Crippen LogP contribution in [0.25, 0.3) is 0 Å². The molecule has 1 aliphatic carbocycles. The van der Waals surface area contributed by atoms with E-state index in [0.717, 1.165) is 34.6 Å². The maximum Gasteiger partial charge on any atom is 0.161 e. The van der Waals surface area contributed by atoms with Crippen molar-refractivity contribution in [3.8, 4) is 6.07 Å². The Morgan fingerprint density at radius 1 is 1.28 bits per heavy atom. The minimum atomic E-state index is -0.375. The fourth-order valence-electron chi connectivity index (χ4n) is 3.65. The minimum Gasteiger partial charge on any atom is -0.383 e. The highest BCUT2D eigenvalue weighted by atomic mass is 32.2. The molecule has 0 amide bonds. The molecular weight excluding hydrogens is 332 g/mol. The van der Waals surface area contributed by atoms with Crippen LogP contribution in [0, 0.1) is 11.3 Å². The van der Waals surface area contributed by atoms with Gasteiger partial charge >= 0.3 is 0 Å². The highest BCUT2D eigenvalue weighted by Crippen LogP contribution is 2.44. The summed E-state index contributed by atoms with van der Waals surface area (Å²) >= 11 is 1.66. The van der Waals surface area contributed by atoms with Crippen LogP contribution in [0.5, 0.6) is 0 Å². The van der Waals surface area contributed by atoms with Gasteiger partial charge in [-0.1, -0.05) is 12.1 Å². The third-order valence-electron chi connectivity index (χ3n) is 4.74. The number of rotatable bonds is 3. The molecule has 1 heterocycles. The lowest BCUT2D eigenvalue weighted by Crippen LogP contribution is -2.45. The Morgan fingerprint density at radius 3 is 2.52 bits per heavy atom. The summed E-state index contributed by atoms with van der Waals surface area (Å²) in [5.74, 6) is 0.159. The van der Waals surface area contributed by atoms with Crippen molar-refractivity contribution in [2.24, 2.45) is 5.73 Å². The fraction of sp³-hybridized carbons (Fsp3) is 0.368. The Kier molecular flexibility index (Phi) is 4.89. The number of ketones is 1. The van der Waals surface area contributed by atoms with Crippen molar-refractivity contribution in [1.82, 2.24) is 10.0 Å². The van der Waals surface area contributed by atoms with Gasteiger partial charge in [0.1, 0.15) is 5.82 Å². The number of hydrogen-bond donors (Lipinski definition) is 1. The SMILES string of the molecule is CSc1ccc([C@@H]2C(C#N)=C(N)N(N(C)C)C3=C2C(=O)CCC3)cc1. The molecule has 130 valence electrons. The van der Waals surface area contributed by atoms with E-state index in [2.05, 4.69) is 6.07 Å². The third kappa shape index (κ3) is 2.94. The summed E-state index contributed by atoms with van der Waals surface area (Å²) in [5, 5.41) is 13.5. The summed E-state index contributed by atoms with van der Waals surface area (Å²) < 4.78 is 0. The molecule has 5 nitrogen and oxygen atoms in total. The van der Waals surface area contributed by atoms with Crippen molar-refractivity contribution in [2.45, 2.75) is 30.1 Å². The van der Waals surface area contributed by atoms with Gasteiger partial charge < -0.3 is 5.73 Å². The molecule has 0 saturated carbocycles. The van der Waals surface area contributed by atoms with E-state index < -0.39 is 0 Å². The van der Waals surface area contributed by atoms with Gasteiger partial charge in [-0.2, -0.15) is 5.26 Å². The van der Waals surface area contributed by atoms with Gasteiger partial charge in [-0.25, -0.2) is 5.01 Å². The molecule has 0 fully saturated rings.